The van der Waals surface area contributed by atoms with Crippen LogP contribution in [0.5, 0.6) is 0 Å². The number of imidazole rings is 1. The molecule has 0 saturated heterocycles. The Hall–Kier alpha value is -1.61. The van der Waals surface area contributed by atoms with Gasteiger partial charge in [-0.1, -0.05) is 44.2 Å². The summed E-state index contributed by atoms with van der Waals surface area (Å²) in [6.45, 7) is 6.74. The van der Waals surface area contributed by atoms with E-state index in [1.54, 1.807) is 0 Å². The number of aryl methyl sites for hydroxylation is 1. The molecule has 1 aliphatic carbocycles. The van der Waals surface area contributed by atoms with Crippen molar-refractivity contribution in [2.24, 2.45) is 12.5 Å². The van der Waals surface area contributed by atoms with E-state index in [1.807, 2.05) is 12.4 Å². The lowest BCUT2D eigenvalue weighted by atomic mass is 9.87. The Balaban J connectivity index is 1.77. The molecule has 3 nitrogen and oxygen atoms in total. The predicted molar refractivity (Wildman–Crippen MR) is 86.1 cm³/mol. The lowest BCUT2D eigenvalue weighted by Crippen LogP contribution is -2.32. The van der Waals surface area contributed by atoms with Crippen molar-refractivity contribution in [3.05, 3.63) is 54.1 Å². The molecule has 1 atom stereocenters. The maximum absolute atomic E-state index is 4.44. The summed E-state index contributed by atoms with van der Waals surface area (Å²) in [7, 11) is 4.26. The highest BCUT2D eigenvalue weighted by atomic mass is 15.2. The van der Waals surface area contributed by atoms with E-state index in [2.05, 4.69) is 72.7 Å². The molecular formula is C18H25N3. The fraction of sp³-hybridized carbons (Fsp3) is 0.500. The molecule has 1 aromatic carbocycles. The fourth-order valence-corrected chi connectivity index (χ4v) is 3.63. The maximum Gasteiger partial charge on any atom is 0.122 e. The first-order valence-corrected chi connectivity index (χ1v) is 7.65. The third-order valence-corrected chi connectivity index (χ3v) is 5.11. The summed E-state index contributed by atoms with van der Waals surface area (Å²) >= 11 is 0. The molecule has 1 aromatic heterocycles. The third-order valence-electron chi connectivity index (χ3n) is 5.11. The molecule has 21 heavy (non-hydrogen) atoms. The van der Waals surface area contributed by atoms with Gasteiger partial charge >= 0.3 is 0 Å². The average Bonchev–Trinajstić information content (AvgIpc) is 2.76. The molecule has 3 rings (SSSR count). The van der Waals surface area contributed by atoms with Gasteiger partial charge in [-0.05, 0) is 24.4 Å². The van der Waals surface area contributed by atoms with Crippen molar-refractivity contribution in [1.82, 2.24) is 14.5 Å². The zero-order valence-electron chi connectivity index (χ0n) is 13.5. The Kier molecular flexibility index (Phi) is 3.40. The van der Waals surface area contributed by atoms with Crippen LogP contribution < -0.4 is 0 Å². The molecule has 0 bridgehead atoms. The van der Waals surface area contributed by atoms with Crippen molar-refractivity contribution < 1.29 is 0 Å². The van der Waals surface area contributed by atoms with Crippen molar-refractivity contribution in [1.29, 1.82) is 0 Å². The Morgan fingerprint density at radius 2 is 1.90 bits per heavy atom. The highest BCUT2D eigenvalue weighted by molar-refractivity contribution is 5.37. The van der Waals surface area contributed by atoms with Gasteiger partial charge in [0, 0.05) is 31.4 Å². The van der Waals surface area contributed by atoms with Gasteiger partial charge in [-0.2, -0.15) is 0 Å². The minimum absolute atomic E-state index is 0.286. The molecule has 1 fully saturated rings. The van der Waals surface area contributed by atoms with E-state index < -0.39 is 0 Å². The van der Waals surface area contributed by atoms with Gasteiger partial charge in [0.25, 0.3) is 0 Å². The lowest BCUT2D eigenvalue weighted by Gasteiger charge is -2.27. The first-order chi connectivity index (χ1) is 9.95. The zero-order valence-corrected chi connectivity index (χ0v) is 13.5. The van der Waals surface area contributed by atoms with Crippen molar-refractivity contribution in [2.45, 2.75) is 32.2 Å². The molecule has 0 unspecified atom stereocenters. The van der Waals surface area contributed by atoms with Crippen molar-refractivity contribution in [2.75, 3.05) is 13.6 Å². The van der Waals surface area contributed by atoms with Gasteiger partial charge < -0.3 is 4.57 Å². The second kappa shape index (κ2) is 4.99. The summed E-state index contributed by atoms with van der Waals surface area (Å²) in [5, 5.41) is 0. The van der Waals surface area contributed by atoms with Crippen LogP contribution in [0.2, 0.25) is 0 Å². The van der Waals surface area contributed by atoms with E-state index in [0.717, 1.165) is 18.9 Å². The molecule has 3 heteroatoms. The second-order valence-corrected chi connectivity index (χ2v) is 7.14. The zero-order chi connectivity index (χ0) is 15.1. The molecule has 1 saturated carbocycles. The third kappa shape index (κ3) is 2.51. The van der Waals surface area contributed by atoms with Crippen molar-refractivity contribution in [3.63, 3.8) is 0 Å². The molecule has 2 aromatic rings. The Bertz CT molecular complexity index is 614. The van der Waals surface area contributed by atoms with Gasteiger partial charge in [0.05, 0.1) is 6.54 Å². The topological polar surface area (TPSA) is 21.1 Å². The highest BCUT2D eigenvalue weighted by Gasteiger charge is 2.61. The van der Waals surface area contributed by atoms with Crippen molar-refractivity contribution >= 4 is 0 Å². The monoisotopic (exact) mass is 283 g/mol. The number of hydrogen-bond donors (Lipinski definition) is 0. The number of rotatable bonds is 5. The van der Waals surface area contributed by atoms with Crippen LogP contribution in [0, 0.1) is 5.41 Å². The summed E-state index contributed by atoms with van der Waals surface area (Å²) < 4.78 is 2.10. The smallest absolute Gasteiger partial charge is 0.122 e. The summed E-state index contributed by atoms with van der Waals surface area (Å²) in [6, 6.07) is 11.0. The van der Waals surface area contributed by atoms with E-state index in [0.29, 0.717) is 5.41 Å². The van der Waals surface area contributed by atoms with Gasteiger partial charge in [-0.3, -0.25) is 4.90 Å². The lowest BCUT2D eigenvalue weighted by molar-refractivity contribution is 0.263. The Labute approximate surface area is 127 Å². The molecule has 0 N–H and O–H groups in total. The van der Waals surface area contributed by atoms with Gasteiger partial charge in [-0.15, -0.1) is 0 Å². The van der Waals surface area contributed by atoms with Crippen LogP contribution >= 0.6 is 0 Å². The quantitative estimate of drug-likeness (QED) is 0.840. The van der Waals surface area contributed by atoms with Crippen LogP contribution in [0.4, 0.5) is 0 Å². The van der Waals surface area contributed by atoms with Gasteiger partial charge in [-0.25, -0.2) is 4.98 Å². The molecular weight excluding hydrogens is 258 g/mol. The minimum Gasteiger partial charge on any atom is -0.337 e. The van der Waals surface area contributed by atoms with E-state index in [9.17, 15) is 0 Å². The molecule has 1 aliphatic rings. The standard InChI is InChI=1S/C18H25N3/c1-17(2)13-18(17,15-8-6-5-7-9-15)14-20(3)12-16-19-10-11-21(16)4/h5-11H,12-14H2,1-4H3/t18-/m1/s1. The predicted octanol–water partition coefficient (Wildman–Crippen LogP) is 3.22. The van der Waals surface area contributed by atoms with Crippen LogP contribution in [-0.4, -0.2) is 28.0 Å². The highest BCUT2D eigenvalue weighted by Crippen LogP contribution is 2.64. The first kappa shape index (κ1) is 14.3. The van der Waals surface area contributed by atoms with Gasteiger partial charge in [0.15, 0.2) is 0 Å². The Morgan fingerprint density at radius 3 is 2.43 bits per heavy atom. The number of hydrogen-bond acceptors (Lipinski definition) is 2. The SMILES string of the molecule is CN(Cc1nccn1C)C[C@@]1(c2ccccc2)CC1(C)C. The van der Waals surface area contributed by atoms with Gasteiger partial charge in [0.2, 0.25) is 0 Å². The van der Waals surface area contributed by atoms with E-state index in [4.69, 9.17) is 0 Å². The number of benzene rings is 1. The van der Waals surface area contributed by atoms with Crippen LogP contribution in [0.15, 0.2) is 42.7 Å². The van der Waals surface area contributed by atoms with Crippen LogP contribution in [0.1, 0.15) is 31.7 Å². The number of aromatic nitrogens is 2. The maximum atomic E-state index is 4.44. The number of likely N-dealkylation sites (N-methyl/N-ethyl adjacent to an activating group) is 1. The minimum atomic E-state index is 0.286. The van der Waals surface area contributed by atoms with E-state index in [1.165, 1.54) is 12.0 Å². The van der Waals surface area contributed by atoms with Crippen LogP contribution in [-0.2, 0) is 19.0 Å². The molecule has 1 heterocycles. The van der Waals surface area contributed by atoms with Gasteiger partial charge in [0.1, 0.15) is 5.82 Å². The summed E-state index contributed by atoms with van der Waals surface area (Å²) in [6.07, 6.45) is 5.14. The van der Waals surface area contributed by atoms with E-state index >= 15 is 0 Å². The largest absolute Gasteiger partial charge is 0.337 e. The molecule has 0 aliphatic heterocycles. The first-order valence-electron chi connectivity index (χ1n) is 7.65. The molecule has 0 spiro atoms. The fourth-order valence-electron chi connectivity index (χ4n) is 3.63. The second-order valence-electron chi connectivity index (χ2n) is 7.14. The summed E-state index contributed by atoms with van der Waals surface area (Å²) in [5.41, 5.74) is 2.14. The Morgan fingerprint density at radius 1 is 1.24 bits per heavy atom. The normalized spacial score (nSPS) is 23.5. The summed E-state index contributed by atoms with van der Waals surface area (Å²) in [5.74, 6) is 1.12. The summed E-state index contributed by atoms with van der Waals surface area (Å²) in [4.78, 5) is 6.84. The van der Waals surface area contributed by atoms with Crippen LogP contribution in [0.25, 0.3) is 0 Å². The van der Waals surface area contributed by atoms with Crippen LogP contribution in [0.3, 0.4) is 0 Å². The molecule has 0 radical (unpaired) electrons. The average molecular weight is 283 g/mol. The molecule has 112 valence electrons. The molecule has 0 amide bonds. The number of nitrogens with zero attached hydrogens (tertiary/aromatic N) is 3. The van der Waals surface area contributed by atoms with Crippen molar-refractivity contribution in [3.8, 4) is 0 Å². The van der Waals surface area contributed by atoms with E-state index in [-0.39, 0.29) is 5.41 Å².